The molecule has 1 aliphatic rings. The van der Waals surface area contributed by atoms with E-state index in [2.05, 4.69) is 5.43 Å². The maximum absolute atomic E-state index is 12.6. The summed E-state index contributed by atoms with van der Waals surface area (Å²) in [5.74, 6) is -0.439. The van der Waals surface area contributed by atoms with E-state index in [1.807, 2.05) is 0 Å². The molecule has 0 aliphatic carbocycles. The minimum absolute atomic E-state index is 0.0997. The highest BCUT2D eigenvalue weighted by molar-refractivity contribution is 7.89. The van der Waals surface area contributed by atoms with Gasteiger partial charge < -0.3 is 0 Å². The van der Waals surface area contributed by atoms with E-state index in [1.165, 1.54) is 27.5 Å². The highest BCUT2D eigenvalue weighted by Crippen LogP contribution is 2.25. The molecule has 122 valence electrons. The van der Waals surface area contributed by atoms with Crippen molar-refractivity contribution in [3.05, 3.63) is 28.8 Å². The molecule has 0 spiro atoms. The lowest BCUT2D eigenvalue weighted by Gasteiger charge is -2.26. The van der Waals surface area contributed by atoms with Gasteiger partial charge in [-0.05, 0) is 31.0 Å². The average molecular weight is 346 g/mol. The van der Waals surface area contributed by atoms with Gasteiger partial charge in [0.2, 0.25) is 10.0 Å². The number of carbonyl (C=O) groups is 1. The van der Waals surface area contributed by atoms with Gasteiger partial charge in [-0.2, -0.15) is 4.31 Å². The molecule has 1 aromatic rings. The van der Waals surface area contributed by atoms with E-state index >= 15 is 0 Å². The smallest absolute Gasteiger partial charge is 0.267 e. The third-order valence-corrected chi connectivity index (χ3v) is 5.68. The number of piperidine rings is 1. The van der Waals surface area contributed by atoms with Gasteiger partial charge in [-0.1, -0.05) is 18.0 Å². The fourth-order valence-corrected chi connectivity index (χ4v) is 4.10. The van der Waals surface area contributed by atoms with E-state index in [1.54, 1.807) is 14.1 Å². The summed E-state index contributed by atoms with van der Waals surface area (Å²) in [7, 11) is -0.249. The van der Waals surface area contributed by atoms with Crippen LogP contribution in [0.4, 0.5) is 0 Å². The number of hydrazine groups is 1. The number of hydrogen-bond donors (Lipinski definition) is 1. The Morgan fingerprint density at radius 1 is 1.23 bits per heavy atom. The maximum Gasteiger partial charge on any atom is 0.267 e. The van der Waals surface area contributed by atoms with Crippen molar-refractivity contribution in [1.82, 2.24) is 14.7 Å². The van der Waals surface area contributed by atoms with Gasteiger partial charge in [-0.15, -0.1) is 0 Å². The largest absolute Gasteiger partial charge is 0.285 e. The molecule has 8 heteroatoms. The Morgan fingerprint density at radius 3 is 2.45 bits per heavy atom. The van der Waals surface area contributed by atoms with Gasteiger partial charge in [0.1, 0.15) is 0 Å². The zero-order valence-corrected chi connectivity index (χ0v) is 14.2. The molecule has 0 saturated carbocycles. The monoisotopic (exact) mass is 345 g/mol. The molecule has 1 aromatic carbocycles. The Kier molecular flexibility index (Phi) is 5.44. The van der Waals surface area contributed by atoms with Crippen LogP contribution >= 0.6 is 11.6 Å². The number of sulfonamides is 1. The number of nitrogens with zero attached hydrogens (tertiary/aromatic N) is 2. The fraction of sp³-hybridized carbons (Fsp3) is 0.500. The third-order valence-electron chi connectivity index (χ3n) is 3.46. The highest BCUT2D eigenvalue weighted by Gasteiger charge is 2.27. The summed E-state index contributed by atoms with van der Waals surface area (Å²) >= 11 is 6.02. The van der Waals surface area contributed by atoms with Crippen molar-refractivity contribution in [2.75, 3.05) is 27.2 Å². The molecule has 1 N–H and O–H groups in total. The summed E-state index contributed by atoms with van der Waals surface area (Å²) in [6, 6.07) is 4.23. The van der Waals surface area contributed by atoms with Crippen LogP contribution in [0.1, 0.15) is 29.6 Å². The Morgan fingerprint density at radius 2 is 1.86 bits per heavy atom. The number of nitrogens with one attached hydrogen (secondary N) is 1. The van der Waals surface area contributed by atoms with Crippen LogP contribution < -0.4 is 5.43 Å². The lowest BCUT2D eigenvalue weighted by atomic mass is 10.2. The van der Waals surface area contributed by atoms with E-state index in [-0.39, 0.29) is 15.5 Å². The second-order valence-electron chi connectivity index (χ2n) is 5.44. The second-order valence-corrected chi connectivity index (χ2v) is 7.79. The first-order valence-corrected chi connectivity index (χ1v) is 8.92. The molecule has 0 aromatic heterocycles. The molecule has 6 nitrogen and oxygen atoms in total. The normalized spacial score (nSPS) is 16.7. The third kappa shape index (κ3) is 3.78. The Hall–Kier alpha value is -1.15. The molecular formula is C14H20ClN3O3S. The number of amides is 1. The lowest BCUT2D eigenvalue weighted by Crippen LogP contribution is -2.37. The van der Waals surface area contributed by atoms with Crippen LogP contribution in [0.15, 0.2) is 23.1 Å². The summed E-state index contributed by atoms with van der Waals surface area (Å²) in [4.78, 5) is 12.2. The SMILES string of the molecule is CN(C)NC(=O)c1cc(S(=O)(=O)N2CCCCC2)ccc1Cl. The van der Waals surface area contributed by atoms with Crippen molar-refractivity contribution in [2.45, 2.75) is 24.2 Å². The predicted molar refractivity (Wildman–Crippen MR) is 85.2 cm³/mol. The summed E-state index contributed by atoms with van der Waals surface area (Å²) in [6.07, 6.45) is 2.77. The zero-order chi connectivity index (χ0) is 16.3. The first-order valence-electron chi connectivity index (χ1n) is 7.10. The van der Waals surface area contributed by atoms with Crippen molar-refractivity contribution < 1.29 is 13.2 Å². The summed E-state index contributed by atoms with van der Waals surface area (Å²) in [6.45, 7) is 1.04. The van der Waals surface area contributed by atoms with Gasteiger partial charge in [-0.3, -0.25) is 10.2 Å². The second kappa shape index (κ2) is 6.95. The summed E-state index contributed by atoms with van der Waals surface area (Å²) in [5, 5.41) is 1.70. The number of halogens is 1. The van der Waals surface area contributed by atoms with Gasteiger partial charge in [0, 0.05) is 27.2 Å². The molecule has 0 bridgehead atoms. The Labute approximate surface area is 136 Å². The first-order chi connectivity index (χ1) is 10.3. The van der Waals surface area contributed by atoms with Crippen molar-refractivity contribution in [1.29, 1.82) is 0 Å². The summed E-state index contributed by atoms with van der Waals surface area (Å²) < 4.78 is 26.7. The molecule has 1 amide bonds. The van der Waals surface area contributed by atoms with Crippen molar-refractivity contribution in [3.63, 3.8) is 0 Å². The van der Waals surface area contributed by atoms with Crippen molar-refractivity contribution in [3.8, 4) is 0 Å². The van der Waals surface area contributed by atoms with Crippen molar-refractivity contribution in [2.24, 2.45) is 0 Å². The predicted octanol–water partition coefficient (Wildman–Crippen LogP) is 1.72. The highest BCUT2D eigenvalue weighted by atomic mass is 35.5. The topological polar surface area (TPSA) is 69.7 Å². The molecule has 0 atom stereocenters. The number of rotatable bonds is 4. The first kappa shape index (κ1) is 17.2. The standard InChI is InChI=1S/C14H20ClN3O3S/c1-17(2)16-14(19)12-10-11(6-7-13(12)15)22(20,21)18-8-4-3-5-9-18/h6-7,10H,3-5,8-9H2,1-2H3,(H,16,19). The molecular weight excluding hydrogens is 326 g/mol. The van der Waals surface area contributed by atoms with E-state index in [9.17, 15) is 13.2 Å². The van der Waals surface area contributed by atoms with Crippen molar-refractivity contribution >= 4 is 27.5 Å². The Balaban J connectivity index is 2.34. The van der Waals surface area contributed by atoms with E-state index in [0.717, 1.165) is 19.3 Å². The number of carbonyl (C=O) groups excluding carboxylic acids is 1. The van der Waals surface area contributed by atoms with Crippen LogP contribution in [-0.2, 0) is 10.0 Å². The van der Waals surface area contributed by atoms with Gasteiger partial charge in [-0.25, -0.2) is 13.4 Å². The van der Waals surface area contributed by atoms with Gasteiger partial charge >= 0.3 is 0 Å². The molecule has 1 aliphatic heterocycles. The Bertz CT molecular complexity index is 655. The minimum Gasteiger partial charge on any atom is -0.285 e. The molecule has 2 rings (SSSR count). The molecule has 1 saturated heterocycles. The average Bonchev–Trinajstić information content (AvgIpc) is 2.47. The van der Waals surface area contributed by atoms with Crippen LogP contribution in [0.25, 0.3) is 0 Å². The molecule has 1 fully saturated rings. The minimum atomic E-state index is -3.58. The van der Waals surface area contributed by atoms with Gasteiger partial charge in [0.25, 0.3) is 5.91 Å². The van der Waals surface area contributed by atoms with Crippen LogP contribution in [0.2, 0.25) is 5.02 Å². The zero-order valence-electron chi connectivity index (χ0n) is 12.7. The molecule has 22 heavy (non-hydrogen) atoms. The number of hydrogen-bond acceptors (Lipinski definition) is 4. The molecule has 0 unspecified atom stereocenters. The van der Waals surface area contributed by atoms with Gasteiger partial charge in [0.05, 0.1) is 15.5 Å². The van der Waals surface area contributed by atoms with E-state index < -0.39 is 15.9 Å². The fourth-order valence-electron chi connectivity index (χ4n) is 2.36. The van der Waals surface area contributed by atoms with E-state index in [0.29, 0.717) is 13.1 Å². The van der Waals surface area contributed by atoms with Crippen LogP contribution in [-0.4, -0.2) is 50.8 Å². The van der Waals surface area contributed by atoms with E-state index in [4.69, 9.17) is 11.6 Å². The number of benzene rings is 1. The van der Waals surface area contributed by atoms with Crippen LogP contribution in [0.3, 0.4) is 0 Å². The van der Waals surface area contributed by atoms with Gasteiger partial charge in [0.15, 0.2) is 0 Å². The molecule has 1 heterocycles. The summed E-state index contributed by atoms with van der Waals surface area (Å²) in [5.41, 5.74) is 2.71. The maximum atomic E-state index is 12.6. The van der Waals surface area contributed by atoms with Crippen LogP contribution in [0.5, 0.6) is 0 Å². The lowest BCUT2D eigenvalue weighted by molar-refractivity contribution is 0.0857. The van der Waals surface area contributed by atoms with Crippen LogP contribution in [0, 0.1) is 0 Å². The quantitative estimate of drug-likeness (QED) is 0.844. The molecule has 0 radical (unpaired) electrons.